The summed E-state index contributed by atoms with van der Waals surface area (Å²) in [6.07, 6.45) is 1.07. The van der Waals surface area contributed by atoms with Crippen molar-refractivity contribution in [3.05, 3.63) is 56.3 Å². The smallest absolute Gasteiger partial charge is 0.297 e. The molecule has 1 aromatic carbocycles. The summed E-state index contributed by atoms with van der Waals surface area (Å²) in [6.45, 7) is 0. The number of halogens is 1. The molecule has 100 valence electrons. The average molecular weight is 301 g/mol. The molecule has 8 heteroatoms. The summed E-state index contributed by atoms with van der Waals surface area (Å²) in [7, 11) is -3.32. The second-order valence-corrected chi connectivity index (χ2v) is 6.29. The molecule has 6 nitrogen and oxygen atoms in total. The Morgan fingerprint density at radius 1 is 1.16 bits per heavy atom. The molecule has 0 aliphatic carbocycles. The molecule has 0 aliphatic rings. The molecule has 0 saturated heterocycles. The Morgan fingerprint density at radius 3 is 2.21 bits per heavy atom. The van der Waals surface area contributed by atoms with Gasteiger partial charge in [0.1, 0.15) is 5.15 Å². The van der Waals surface area contributed by atoms with Crippen LogP contribution >= 0.6 is 11.6 Å². The van der Waals surface area contributed by atoms with Crippen LogP contribution in [-0.2, 0) is 9.84 Å². The lowest BCUT2D eigenvalue weighted by atomic mass is 10.3. The van der Waals surface area contributed by atoms with Crippen molar-refractivity contribution in [3.8, 4) is 5.69 Å². The van der Waals surface area contributed by atoms with Crippen molar-refractivity contribution in [1.29, 1.82) is 0 Å². The van der Waals surface area contributed by atoms with Crippen LogP contribution in [0.4, 0.5) is 0 Å². The van der Waals surface area contributed by atoms with Gasteiger partial charge < -0.3 is 0 Å². The highest BCUT2D eigenvalue weighted by molar-refractivity contribution is 7.90. The van der Waals surface area contributed by atoms with E-state index in [0.717, 1.165) is 16.9 Å². The lowest BCUT2D eigenvalue weighted by Gasteiger charge is -2.05. The first-order valence-electron chi connectivity index (χ1n) is 5.11. The molecule has 0 unspecified atom stereocenters. The molecule has 0 aliphatic heterocycles. The molecule has 0 bridgehead atoms. The second-order valence-electron chi connectivity index (χ2n) is 3.86. The van der Waals surface area contributed by atoms with Crippen molar-refractivity contribution >= 4 is 21.4 Å². The maximum absolute atomic E-state index is 11.7. The maximum atomic E-state index is 11.7. The van der Waals surface area contributed by atoms with Crippen LogP contribution in [0.3, 0.4) is 0 Å². The molecular formula is C11H9ClN2O4S. The van der Waals surface area contributed by atoms with Gasteiger partial charge in [0.25, 0.3) is 5.56 Å². The second kappa shape index (κ2) is 4.67. The van der Waals surface area contributed by atoms with E-state index < -0.39 is 21.1 Å². The standard InChI is InChI=1S/C11H9ClN2O4S/c1-19(17,18)8-4-2-7(3-5-8)14-10(15)6-9(12)13-11(14)16/h2-6H,1H3,(H,13,16). The number of hydrogen-bond acceptors (Lipinski definition) is 4. The third kappa shape index (κ3) is 2.77. The lowest BCUT2D eigenvalue weighted by Crippen LogP contribution is -2.32. The molecule has 0 fully saturated rings. The van der Waals surface area contributed by atoms with Crippen molar-refractivity contribution in [1.82, 2.24) is 9.55 Å². The van der Waals surface area contributed by atoms with E-state index in [4.69, 9.17) is 11.6 Å². The predicted molar refractivity (Wildman–Crippen MR) is 70.8 cm³/mol. The third-order valence-corrected chi connectivity index (χ3v) is 3.76. The quantitative estimate of drug-likeness (QED) is 0.822. The first-order valence-corrected chi connectivity index (χ1v) is 7.38. The first kappa shape index (κ1) is 13.6. The molecule has 0 atom stereocenters. The molecule has 19 heavy (non-hydrogen) atoms. The van der Waals surface area contributed by atoms with Gasteiger partial charge >= 0.3 is 5.69 Å². The van der Waals surface area contributed by atoms with E-state index in [0.29, 0.717) is 0 Å². The Labute approximate surface area is 113 Å². The molecule has 2 rings (SSSR count). The molecule has 2 aromatic rings. The Bertz CT molecular complexity index is 803. The highest BCUT2D eigenvalue weighted by atomic mass is 35.5. The number of nitrogens with one attached hydrogen (secondary N) is 1. The van der Waals surface area contributed by atoms with Crippen molar-refractivity contribution in [3.63, 3.8) is 0 Å². The predicted octanol–water partition coefficient (Wildman–Crippen LogP) is 0.583. The van der Waals surface area contributed by atoms with Gasteiger partial charge in [-0.1, -0.05) is 11.6 Å². The largest absolute Gasteiger partial charge is 0.334 e. The SMILES string of the molecule is CS(=O)(=O)c1ccc(-n2c(=O)cc(Cl)[nH]c2=O)cc1. The van der Waals surface area contributed by atoms with E-state index in [-0.39, 0.29) is 15.7 Å². The summed E-state index contributed by atoms with van der Waals surface area (Å²) >= 11 is 5.55. The summed E-state index contributed by atoms with van der Waals surface area (Å²) in [5.41, 5.74) is -1.03. The third-order valence-electron chi connectivity index (χ3n) is 2.42. The summed E-state index contributed by atoms with van der Waals surface area (Å²) in [5.74, 6) is 0. The van der Waals surface area contributed by atoms with Crippen LogP contribution in [0.2, 0.25) is 5.15 Å². The molecule has 0 saturated carbocycles. The summed E-state index contributed by atoms with van der Waals surface area (Å²) < 4.78 is 23.5. The topological polar surface area (TPSA) is 89.0 Å². The number of sulfone groups is 1. The van der Waals surface area contributed by atoms with E-state index in [1.54, 1.807) is 0 Å². The summed E-state index contributed by atoms with van der Waals surface area (Å²) in [4.78, 5) is 25.7. The minimum absolute atomic E-state index is 0.0565. The van der Waals surface area contributed by atoms with Crippen LogP contribution in [0.25, 0.3) is 5.69 Å². The molecule has 1 heterocycles. The van der Waals surface area contributed by atoms with Crippen molar-refractivity contribution < 1.29 is 8.42 Å². The van der Waals surface area contributed by atoms with Crippen LogP contribution in [0.5, 0.6) is 0 Å². The van der Waals surface area contributed by atoms with Gasteiger partial charge in [-0.05, 0) is 24.3 Å². The minimum Gasteiger partial charge on any atom is -0.297 e. The number of aromatic nitrogens is 2. The summed E-state index contributed by atoms with van der Waals surface area (Å²) in [6, 6.07) is 6.46. The van der Waals surface area contributed by atoms with Gasteiger partial charge in [0.05, 0.1) is 10.6 Å². The molecule has 0 amide bonds. The molecule has 0 spiro atoms. The Morgan fingerprint density at radius 2 is 1.74 bits per heavy atom. The Kier molecular flexibility index (Phi) is 3.34. The van der Waals surface area contributed by atoms with Crippen LogP contribution < -0.4 is 11.2 Å². The van der Waals surface area contributed by atoms with E-state index in [1.165, 1.54) is 24.3 Å². The number of H-pyrrole nitrogens is 1. The van der Waals surface area contributed by atoms with E-state index in [9.17, 15) is 18.0 Å². The van der Waals surface area contributed by atoms with Crippen LogP contribution in [0.15, 0.2) is 44.8 Å². The maximum Gasteiger partial charge on any atom is 0.334 e. The number of aromatic amines is 1. The monoisotopic (exact) mass is 300 g/mol. The lowest BCUT2D eigenvalue weighted by molar-refractivity contribution is 0.602. The fourth-order valence-electron chi connectivity index (χ4n) is 1.55. The van der Waals surface area contributed by atoms with Crippen molar-refractivity contribution in [2.45, 2.75) is 4.90 Å². The van der Waals surface area contributed by atoms with Gasteiger partial charge in [0.2, 0.25) is 0 Å². The summed E-state index contributed by atoms with van der Waals surface area (Å²) in [5, 5.41) is -0.0565. The fraction of sp³-hybridized carbons (Fsp3) is 0.0909. The molecular weight excluding hydrogens is 292 g/mol. The van der Waals surface area contributed by atoms with Crippen LogP contribution in [0.1, 0.15) is 0 Å². The van der Waals surface area contributed by atoms with Crippen molar-refractivity contribution in [2.75, 3.05) is 6.26 Å². The normalized spacial score (nSPS) is 11.5. The van der Waals surface area contributed by atoms with Crippen molar-refractivity contribution in [2.24, 2.45) is 0 Å². The minimum atomic E-state index is -3.32. The molecule has 1 aromatic heterocycles. The number of nitrogens with zero attached hydrogens (tertiary/aromatic N) is 1. The highest BCUT2D eigenvalue weighted by Gasteiger charge is 2.09. The highest BCUT2D eigenvalue weighted by Crippen LogP contribution is 2.11. The van der Waals surface area contributed by atoms with Gasteiger partial charge in [-0.2, -0.15) is 0 Å². The number of hydrogen-bond donors (Lipinski definition) is 1. The van der Waals surface area contributed by atoms with Gasteiger partial charge in [0.15, 0.2) is 9.84 Å². The van der Waals surface area contributed by atoms with Gasteiger partial charge in [-0.3, -0.25) is 9.78 Å². The average Bonchev–Trinajstić information content (AvgIpc) is 2.27. The van der Waals surface area contributed by atoms with E-state index in [2.05, 4.69) is 4.98 Å². The van der Waals surface area contributed by atoms with E-state index >= 15 is 0 Å². The van der Waals surface area contributed by atoms with Gasteiger partial charge in [-0.25, -0.2) is 17.8 Å². The van der Waals surface area contributed by atoms with Crippen LogP contribution in [0, 0.1) is 0 Å². The van der Waals surface area contributed by atoms with E-state index in [1.807, 2.05) is 0 Å². The number of benzene rings is 1. The van der Waals surface area contributed by atoms with Gasteiger partial charge in [0, 0.05) is 12.3 Å². The first-order chi connectivity index (χ1) is 8.79. The number of rotatable bonds is 2. The Balaban J connectivity index is 2.62. The zero-order valence-electron chi connectivity index (χ0n) is 9.75. The zero-order valence-corrected chi connectivity index (χ0v) is 11.3. The van der Waals surface area contributed by atoms with Crippen LogP contribution in [-0.4, -0.2) is 24.2 Å². The Hall–Kier alpha value is -1.86. The molecule has 1 N–H and O–H groups in total. The fourth-order valence-corrected chi connectivity index (χ4v) is 2.36. The molecule has 0 radical (unpaired) electrons. The zero-order chi connectivity index (χ0) is 14.2. The van der Waals surface area contributed by atoms with Gasteiger partial charge in [-0.15, -0.1) is 0 Å².